The minimum Gasteiger partial charge on any atom is -0.478 e. The quantitative estimate of drug-likeness (QED) is 0.345. The van der Waals surface area contributed by atoms with Crippen LogP contribution in [0.25, 0.3) is 0 Å². The molecule has 0 amide bonds. The van der Waals surface area contributed by atoms with Crippen molar-refractivity contribution in [1.82, 2.24) is 5.32 Å². The van der Waals surface area contributed by atoms with Gasteiger partial charge in [0.1, 0.15) is 12.5 Å². The van der Waals surface area contributed by atoms with Gasteiger partial charge in [0.25, 0.3) is 0 Å². The number of nitrogens with two attached hydrogens (primary N) is 1. The highest BCUT2D eigenvalue weighted by atomic mass is 16.5. The van der Waals surface area contributed by atoms with Crippen molar-refractivity contribution >= 4 is 5.69 Å². The maximum Gasteiger partial charge on any atom is 0.139 e. The number of hydrogen-bond acceptors (Lipinski definition) is 4. The Kier molecular flexibility index (Phi) is 4.08. The van der Waals surface area contributed by atoms with E-state index in [9.17, 15) is 0 Å². The molecule has 0 atom stereocenters. The van der Waals surface area contributed by atoms with Crippen LogP contribution >= 0.6 is 0 Å². The first-order valence-electron chi connectivity index (χ1n) is 4.13. The van der Waals surface area contributed by atoms with Crippen LogP contribution in [0.1, 0.15) is 0 Å². The Labute approximate surface area is 77.3 Å². The Hall–Kier alpha value is -1.26. The van der Waals surface area contributed by atoms with E-state index in [1.165, 1.54) is 0 Å². The summed E-state index contributed by atoms with van der Waals surface area (Å²) in [5.41, 5.74) is 6.23. The molecule has 0 aliphatic rings. The van der Waals surface area contributed by atoms with Gasteiger partial charge in [0.2, 0.25) is 0 Å². The molecule has 0 heterocycles. The third-order valence-electron chi connectivity index (χ3n) is 1.49. The summed E-state index contributed by atoms with van der Waals surface area (Å²) in [6, 6.07) is 7.21. The molecule has 1 aromatic rings. The standard InChI is InChI=1S/C9H14N2O2/c10-8-2-1-3-9(6-8)13-7-11-4-5-12/h1-3,6,11-12H,4-5,7,10H2. The fourth-order valence-electron chi connectivity index (χ4n) is 0.890. The number of nitrogens with one attached hydrogen (secondary N) is 1. The third-order valence-corrected chi connectivity index (χ3v) is 1.49. The summed E-state index contributed by atoms with van der Waals surface area (Å²) in [6.45, 7) is 1.02. The van der Waals surface area contributed by atoms with Gasteiger partial charge in [-0.2, -0.15) is 0 Å². The lowest BCUT2D eigenvalue weighted by Gasteiger charge is -2.06. The number of anilines is 1. The molecule has 0 aliphatic heterocycles. The Morgan fingerprint density at radius 1 is 1.46 bits per heavy atom. The number of ether oxygens (including phenoxy) is 1. The van der Waals surface area contributed by atoms with E-state index in [1.54, 1.807) is 12.1 Å². The van der Waals surface area contributed by atoms with Gasteiger partial charge < -0.3 is 15.6 Å². The summed E-state index contributed by atoms with van der Waals surface area (Å²) < 4.78 is 5.29. The monoisotopic (exact) mass is 182 g/mol. The topological polar surface area (TPSA) is 67.5 Å². The van der Waals surface area contributed by atoms with E-state index in [1.807, 2.05) is 12.1 Å². The highest BCUT2D eigenvalue weighted by Gasteiger charge is 1.92. The van der Waals surface area contributed by atoms with Crippen LogP contribution in [0.2, 0.25) is 0 Å². The Morgan fingerprint density at radius 2 is 2.31 bits per heavy atom. The Balaban J connectivity index is 2.28. The predicted molar refractivity (Wildman–Crippen MR) is 51.4 cm³/mol. The minimum absolute atomic E-state index is 0.111. The van der Waals surface area contributed by atoms with Gasteiger partial charge in [0, 0.05) is 18.3 Å². The first kappa shape index (κ1) is 9.83. The van der Waals surface area contributed by atoms with Crippen LogP contribution in [0, 0.1) is 0 Å². The predicted octanol–water partition coefficient (Wildman–Crippen LogP) is 0.187. The SMILES string of the molecule is Nc1cccc(OCNCCO)c1. The lowest BCUT2D eigenvalue weighted by molar-refractivity contribution is 0.245. The van der Waals surface area contributed by atoms with E-state index in [4.69, 9.17) is 15.6 Å². The van der Waals surface area contributed by atoms with Gasteiger partial charge in [0.15, 0.2) is 0 Å². The van der Waals surface area contributed by atoms with Crippen LogP contribution in [0.15, 0.2) is 24.3 Å². The molecular weight excluding hydrogens is 168 g/mol. The van der Waals surface area contributed by atoms with Crippen molar-refractivity contribution in [3.8, 4) is 5.75 Å². The van der Waals surface area contributed by atoms with Crippen LogP contribution in [0.3, 0.4) is 0 Å². The van der Waals surface area contributed by atoms with E-state index in [2.05, 4.69) is 5.32 Å². The summed E-state index contributed by atoms with van der Waals surface area (Å²) >= 11 is 0. The smallest absolute Gasteiger partial charge is 0.139 e. The summed E-state index contributed by atoms with van der Waals surface area (Å²) in [5.74, 6) is 0.727. The molecule has 13 heavy (non-hydrogen) atoms. The first-order valence-corrected chi connectivity index (χ1v) is 4.13. The lowest BCUT2D eigenvalue weighted by atomic mass is 10.3. The van der Waals surface area contributed by atoms with Crippen LogP contribution in [0.4, 0.5) is 5.69 Å². The van der Waals surface area contributed by atoms with Gasteiger partial charge in [-0.1, -0.05) is 6.07 Å². The van der Waals surface area contributed by atoms with Gasteiger partial charge in [-0.15, -0.1) is 0 Å². The van der Waals surface area contributed by atoms with Crippen LogP contribution in [0.5, 0.6) is 5.75 Å². The zero-order chi connectivity index (χ0) is 9.52. The van der Waals surface area contributed by atoms with Gasteiger partial charge in [0.05, 0.1) is 6.61 Å². The third kappa shape index (κ3) is 3.78. The number of rotatable bonds is 5. The summed E-state index contributed by atoms with van der Waals surface area (Å²) in [5, 5.41) is 11.4. The molecule has 0 aromatic heterocycles. The molecule has 72 valence electrons. The molecule has 0 spiro atoms. The zero-order valence-electron chi connectivity index (χ0n) is 7.36. The molecule has 0 radical (unpaired) electrons. The lowest BCUT2D eigenvalue weighted by Crippen LogP contribution is -2.23. The average molecular weight is 182 g/mol. The minimum atomic E-state index is 0.111. The summed E-state index contributed by atoms with van der Waals surface area (Å²) in [7, 11) is 0. The van der Waals surface area contributed by atoms with Gasteiger partial charge in [-0.05, 0) is 12.1 Å². The molecule has 4 nitrogen and oxygen atoms in total. The fraction of sp³-hybridized carbons (Fsp3) is 0.333. The molecule has 0 bridgehead atoms. The van der Waals surface area contributed by atoms with Gasteiger partial charge >= 0.3 is 0 Å². The molecule has 4 heteroatoms. The van der Waals surface area contributed by atoms with E-state index in [-0.39, 0.29) is 6.61 Å². The van der Waals surface area contributed by atoms with Crippen molar-refractivity contribution in [3.63, 3.8) is 0 Å². The average Bonchev–Trinajstić information content (AvgIpc) is 2.13. The number of nitrogen functional groups attached to an aromatic ring is 1. The maximum absolute atomic E-state index is 8.47. The van der Waals surface area contributed by atoms with Crippen LogP contribution in [-0.4, -0.2) is 25.0 Å². The maximum atomic E-state index is 8.47. The second-order valence-electron chi connectivity index (χ2n) is 2.58. The largest absolute Gasteiger partial charge is 0.478 e. The van der Waals surface area contributed by atoms with Gasteiger partial charge in [-0.25, -0.2) is 0 Å². The molecule has 0 saturated heterocycles. The number of benzene rings is 1. The normalized spacial score (nSPS) is 9.92. The highest BCUT2D eigenvalue weighted by molar-refractivity contribution is 5.43. The van der Waals surface area contributed by atoms with Gasteiger partial charge in [-0.3, -0.25) is 5.32 Å². The van der Waals surface area contributed by atoms with Crippen molar-refractivity contribution in [3.05, 3.63) is 24.3 Å². The number of aliphatic hydroxyl groups excluding tert-OH is 1. The van der Waals surface area contributed by atoms with Crippen LogP contribution < -0.4 is 15.8 Å². The van der Waals surface area contributed by atoms with E-state index in [0.29, 0.717) is 19.0 Å². The van der Waals surface area contributed by atoms with Crippen molar-refractivity contribution in [2.24, 2.45) is 0 Å². The van der Waals surface area contributed by atoms with Crippen molar-refractivity contribution in [2.45, 2.75) is 0 Å². The fourth-order valence-corrected chi connectivity index (χ4v) is 0.890. The van der Waals surface area contributed by atoms with E-state index in [0.717, 1.165) is 5.75 Å². The molecule has 0 saturated carbocycles. The van der Waals surface area contributed by atoms with E-state index >= 15 is 0 Å². The Bertz CT molecular complexity index is 253. The van der Waals surface area contributed by atoms with Crippen molar-refractivity contribution < 1.29 is 9.84 Å². The van der Waals surface area contributed by atoms with Crippen LogP contribution in [-0.2, 0) is 0 Å². The second kappa shape index (κ2) is 5.40. The first-order chi connectivity index (χ1) is 6.33. The molecule has 4 N–H and O–H groups in total. The molecule has 0 aliphatic carbocycles. The summed E-state index contributed by atoms with van der Waals surface area (Å²) in [4.78, 5) is 0. The molecule has 1 rings (SSSR count). The zero-order valence-corrected chi connectivity index (χ0v) is 7.36. The second-order valence-corrected chi connectivity index (χ2v) is 2.58. The Morgan fingerprint density at radius 3 is 3.00 bits per heavy atom. The van der Waals surface area contributed by atoms with Crippen molar-refractivity contribution in [1.29, 1.82) is 0 Å². The van der Waals surface area contributed by atoms with E-state index < -0.39 is 0 Å². The summed E-state index contributed by atoms with van der Waals surface area (Å²) in [6.07, 6.45) is 0. The molecule has 0 unspecified atom stereocenters. The molecular formula is C9H14N2O2. The molecule has 1 aromatic carbocycles. The molecule has 0 fully saturated rings. The number of aliphatic hydroxyl groups is 1. The van der Waals surface area contributed by atoms with Crippen molar-refractivity contribution in [2.75, 3.05) is 25.6 Å². The number of hydrogen-bond donors (Lipinski definition) is 3. The highest BCUT2D eigenvalue weighted by Crippen LogP contribution is 2.13.